The predicted octanol–water partition coefficient (Wildman–Crippen LogP) is 3.56. The fourth-order valence-electron chi connectivity index (χ4n) is 2.60. The molecule has 0 aliphatic carbocycles. The van der Waals surface area contributed by atoms with E-state index in [4.69, 9.17) is 14.2 Å². The van der Waals surface area contributed by atoms with E-state index in [2.05, 4.69) is 5.32 Å². The monoisotopic (exact) mass is 373 g/mol. The number of ether oxygens (including phenoxy) is 3. The third-order valence-electron chi connectivity index (χ3n) is 3.81. The van der Waals surface area contributed by atoms with Gasteiger partial charge in [0.15, 0.2) is 11.5 Å². The maximum atomic E-state index is 12.6. The molecule has 0 fully saturated rings. The molecule has 6 nitrogen and oxygen atoms in total. The number of nitrogens with one attached hydrogen (secondary N) is 1. The SMILES string of the molecule is CCOc1cc(C(=O)NCCc2ccc(O)cc2)cc(OCC)c1OCC. The van der Waals surface area contributed by atoms with Crippen molar-refractivity contribution in [2.24, 2.45) is 0 Å². The molecule has 0 aliphatic rings. The summed E-state index contributed by atoms with van der Waals surface area (Å²) in [6.07, 6.45) is 0.666. The zero-order chi connectivity index (χ0) is 19.6. The van der Waals surface area contributed by atoms with Crippen molar-refractivity contribution in [2.75, 3.05) is 26.4 Å². The number of rotatable bonds is 10. The Morgan fingerprint density at radius 3 is 2.00 bits per heavy atom. The molecule has 0 aliphatic heterocycles. The van der Waals surface area contributed by atoms with E-state index in [1.807, 2.05) is 32.9 Å². The van der Waals surface area contributed by atoms with E-state index in [1.165, 1.54) is 0 Å². The highest BCUT2D eigenvalue weighted by Gasteiger charge is 2.18. The standard InChI is InChI=1S/C21H27NO5/c1-4-25-18-13-16(14-19(26-5-2)20(18)27-6-3)21(24)22-12-11-15-7-9-17(23)10-8-15/h7-10,13-14,23H,4-6,11-12H2,1-3H3,(H,22,24). The molecule has 0 heterocycles. The summed E-state index contributed by atoms with van der Waals surface area (Å²) in [7, 11) is 0. The zero-order valence-corrected chi connectivity index (χ0v) is 16.1. The smallest absolute Gasteiger partial charge is 0.251 e. The number of aromatic hydroxyl groups is 1. The number of phenols is 1. The summed E-state index contributed by atoms with van der Waals surface area (Å²) in [6, 6.07) is 10.3. The second-order valence-corrected chi connectivity index (χ2v) is 5.77. The van der Waals surface area contributed by atoms with Crippen LogP contribution in [0, 0.1) is 0 Å². The summed E-state index contributed by atoms with van der Waals surface area (Å²) in [5, 5.41) is 12.2. The van der Waals surface area contributed by atoms with Crippen LogP contribution in [-0.4, -0.2) is 37.4 Å². The van der Waals surface area contributed by atoms with Gasteiger partial charge in [-0.05, 0) is 57.0 Å². The van der Waals surface area contributed by atoms with Crippen molar-refractivity contribution in [3.8, 4) is 23.0 Å². The summed E-state index contributed by atoms with van der Waals surface area (Å²) < 4.78 is 16.9. The third kappa shape index (κ3) is 5.81. The van der Waals surface area contributed by atoms with Crippen molar-refractivity contribution in [3.05, 3.63) is 47.5 Å². The van der Waals surface area contributed by atoms with E-state index in [1.54, 1.807) is 24.3 Å². The largest absolute Gasteiger partial charge is 0.508 e. The maximum absolute atomic E-state index is 12.6. The molecule has 0 radical (unpaired) electrons. The molecular weight excluding hydrogens is 346 g/mol. The number of hydrogen-bond acceptors (Lipinski definition) is 5. The second-order valence-electron chi connectivity index (χ2n) is 5.77. The Balaban J connectivity index is 2.12. The molecule has 0 saturated heterocycles. The van der Waals surface area contributed by atoms with Crippen molar-refractivity contribution >= 4 is 5.91 Å². The first-order valence-electron chi connectivity index (χ1n) is 9.21. The zero-order valence-electron chi connectivity index (χ0n) is 16.1. The average molecular weight is 373 g/mol. The van der Waals surface area contributed by atoms with Crippen LogP contribution in [0.1, 0.15) is 36.7 Å². The minimum absolute atomic E-state index is 0.210. The van der Waals surface area contributed by atoms with Gasteiger partial charge in [-0.3, -0.25) is 4.79 Å². The predicted molar refractivity (Wildman–Crippen MR) is 104 cm³/mol. The van der Waals surface area contributed by atoms with Crippen molar-refractivity contribution in [1.82, 2.24) is 5.32 Å². The molecule has 2 N–H and O–H groups in total. The molecule has 2 rings (SSSR count). The number of carbonyl (C=O) groups is 1. The average Bonchev–Trinajstić information content (AvgIpc) is 2.66. The molecule has 2 aromatic carbocycles. The van der Waals surface area contributed by atoms with E-state index in [-0.39, 0.29) is 11.7 Å². The van der Waals surface area contributed by atoms with E-state index < -0.39 is 0 Å². The summed E-state index contributed by atoms with van der Waals surface area (Å²) in [5.41, 5.74) is 1.49. The topological polar surface area (TPSA) is 77.0 Å². The van der Waals surface area contributed by atoms with Crippen LogP contribution >= 0.6 is 0 Å². The van der Waals surface area contributed by atoms with Crippen LogP contribution in [0.5, 0.6) is 23.0 Å². The summed E-state index contributed by atoms with van der Waals surface area (Å²) in [6.45, 7) is 7.49. The van der Waals surface area contributed by atoms with Gasteiger partial charge >= 0.3 is 0 Å². The maximum Gasteiger partial charge on any atom is 0.251 e. The molecule has 0 spiro atoms. The summed E-state index contributed by atoms with van der Waals surface area (Å²) >= 11 is 0. The lowest BCUT2D eigenvalue weighted by molar-refractivity contribution is 0.0953. The molecule has 2 aromatic rings. The summed E-state index contributed by atoms with van der Waals surface area (Å²) in [4.78, 5) is 12.6. The lowest BCUT2D eigenvalue weighted by atomic mass is 10.1. The Kier molecular flexibility index (Phi) is 7.79. The van der Waals surface area contributed by atoms with Crippen LogP contribution in [0.4, 0.5) is 0 Å². The third-order valence-corrected chi connectivity index (χ3v) is 3.81. The first-order valence-corrected chi connectivity index (χ1v) is 9.21. The van der Waals surface area contributed by atoms with Crippen molar-refractivity contribution < 1.29 is 24.1 Å². The normalized spacial score (nSPS) is 10.3. The Bertz CT molecular complexity index is 716. The Hall–Kier alpha value is -2.89. The quantitative estimate of drug-likeness (QED) is 0.666. The minimum atomic E-state index is -0.210. The van der Waals surface area contributed by atoms with E-state index in [0.29, 0.717) is 55.6 Å². The molecule has 0 unspecified atom stereocenters. The van der Waals surface area contributed by atoms with Gasteiger partial charge in [-0.1, -0.05) is 12.1 Å². The van der Waals surface area contributed by atoms with Crippen LogP contribution in [0.15, 0.2) is 36.4 Å². The van der Waals surface area contributed by atoms with Crippen LogP contribution < -0.4 is 19.5 Å². The van der Waals surface area contributed by atoms with Gasteiger partial charge in [0.1, 0.15) is 5.75 Å². The molecule has 27 heavy (non-hydrogen) atoms. The molecule has 0 bridgehead atoms. The van der Waals surface area contributed by atoms with Crippen LogP contribution in [0.25, 0.3) is 0 Å². The fourth-order valence-corrected chi connectivity index (χ4v) is 2.60. The molecule has 6 heteroatoms. The number of hydrogen-bond donors (Lipinski definition) is 2. The van der Waals surface area contributed by atoms with Crippen molar-refractivity contribution in [1.29, 1.82) is 0 Å². The lowest BCUT2D eigenvalue weighted by Crippen LogP contribution is -2.25. The van der Waals surface area contributed by atoms with E-state index in [9.17, 15) is 9.90 Å². The van der Waals surface area contributed by atoms with Crippen molar-refractivity contribution in [3.63, 3.8) is 0 Å². The first-order chi connectivity index (χ1) is 13.1. The number of amides is 1. The number of benzene rings is 2. The Morgan fingerprint density at radius 2 is 1.48 bits per heavy atom. The van der Waals surface area contributed by atoms with Gasteiger partial charge < -0.3 is 24.6 Å². The van der Waals surface area contributed by atoms with Crippen LogP contribution in [0.2, 0.25) is 0 Å². The van der Waals surface area contributed by atoms with Gasteiger partial charge in [0.25, 0.3) is 5.91 Å². The Labute approximate surface area is 160 Å². The highest BCUT2D eigenvalue weighted by molar-refractivity contribution is 5.95. The summed E-state index contributed by atoms with van der Waals surface area (Å²) in [5.74, 6) is 1.52. The van der Waals surface area contributed by atoms with Gasteiger partial charge in [0.05, 0.1) is 19.8 Å². The lowest BCUT2D eigenvalue weighted by Gasteiger charge is -2.17. The van der Waals surface area contributed by atoms with E-state index >= 15 is 0 Å². The molecular formula is C21H27NO5. The molecule has 0 aromatic heterocycles. The van der Waals surface area contributed by atoms with Gasteiger partial charge in [-0.2, -0.15) is 0 Å². The van der Waals surface area contributed by atoms with Gasteiger partial charge in [-0.15, -0.1) is 0 Å². The molecule has 1 amide bonds. The van der Waals surface area contributed by atoms with Gasteiger partial charge in [0, 0.05) is 12.1 Å². The minimum Gasteiger partial charge on any atom is -0.508 e. The van der Waals surface area contributed by atoms with Gasteiger partial charge in [0.2, 0.25) is 5.75 Å². The molecule has 146 valence electrons. The second kappa shape index (κ2) is 10.3. The highest BCUT2D eigenvalue weighted by atomic mass is 16.5. The van der Waals surface area contributed by atoms with E-state index in [0.717, 1.165) is 5.56 Å². The van der Waals surface area contributed by atoms with Crippen LogP contribution in [0.3, 0.4) is 0 Å². The van der Waals surface area contributed by atoms with Gasteiger partial charge in [-0.25, -0.2) is 0 Å². The number of carbonyl (C=O) groups excluding carboxylic acids is 1. The fraction of sp³-hybridized carbons (Fsp3) is 0.381. The number of phenolic OH excluding ortho intramolecular Hbond substituents is 1. The highest BCUT2D eigenvalue weighted by Crippen LogP contribution is 2.39. The Morgan fingerprint density at radius 1 is 0.926 bits per heavy atom. The van der Waals surface area contributed by atoms with Crippen LogP contribution in [-0.2, 0) is 6.42 Å². The van der Waals surface area contributed by atoms with Crippen molar-refractivity contribution in [2.45, 2.75) is 27.2 Å². The first kappa shape index (κ1) is 20.4. The molecule has 0 saturated carbocycles. The molecule has 0 atom stereocenters.